The summed E-state index contributed by atoms with van der Waals surface area (Å²) in [5.74, 6) is 5.62. The third kappa shape index (κ3) is 3.82. The average Bonchev–Trinajstić information content (AvgIpc) is 2.90. The molecule has 1 atom stereocenters. The quantitative estimate of drug-likeness (QED) is 0.629. The summed E-state index contributed by atoms with van der Waals surface area (Å²) in [6, 6.07) is 12.4. The summed E-state index contributed by atoms with van der Waals surface area (Å²) in [7, 11) is 0. The van der Waals surface area contributed by atoms with Crippen molar-refractivity contribution in [3.05, 3.63) is 57.2 Å². The van der Waals surface area contributed by atoms with E-state index in [9.17, 15) is 0 Å². The van der Waals surface area contributed by atoms with Gasteiger partial charge in [-0.1, -0.05) is 35.9 Å². The van der Waals surface area contributed by atoms with Crippen LogP contribution in [0.1, 0.15) is 16.9 Å². The van der Waals surface area contributed by atoms with Gasteiger partial charge in [0.25, 0.3) is 0 Å². The standard InChI is InChI=1S/C14H17ClN2S/c15-14-6-2-1-4-11(14)10-12(17-16)7-8-13-5-3-9-18-13/h1-6,9,12,17H,7-8,10,16H2. The number of nitrogens with two attached hydrogens (primary N) is 1. The fraction of sp³-hybridized carbons (Fsp3) is 0.286. The second kappa shape index (κ2) is 6.90. The summed E-state index contributed by atoms with van der Waals surface area (Å²) < 4.78 is 0. The molecule has 0 spiro atoms. The van der Waals surface area contributed by atoms with Gasteiger partial charge in [0.15, 0.2) is 0 Å². The third-order valence-electron chi connectivity index (χ3n) is 2.98. The molecule has 1 heterocycles. The van der Waals surface area contributed by atoms with E-state index in [2.05, 4.69) is 29.0 Å². The smallest absolute Gasteiger partial charge is 0.0438 e. The molecule has 0 aliphatic heterocycles. The van der Waals surface area contributed by atoms with Crippen LogP contribution in [0.15, 0.2) is 41.8 Å². The van der Waals surface area contributed by atoms with Crippen LogP contribution in [0.5, 0.6) is 0 Å². The van der Waals surface area contributed by atoms with Crippen molar-refractivity contribution >= 4 is 22.9 Å². The molecule has 0 saturated carbocycles. The fourth-order valence-electron chi connectivity index (χ4n) is 1.95. The van der Waals surface area contributed by atoms with Crippen LogP contribution in [0, 0.1) is 0 Å². The molecule has 2 rings (SSSR count). The molecule has 0 aliphatic rings. The van der Waals surface area contributed by atoms with E-state index in [4.69, 9.17) is 17.4 Å². The minimum absolute atomic E-state index is 0.256. The lowest BCUT2D eigenvalue weighted by atomic mass is 10.0. The molecular weight excluding hydrogens is 264 g/mol. The Morgan fingerprint density at radius 1 is 1.22 bits per heavy atom. The molecule has 3 N–H and O–H groups in total. The second-order valence-electron chi connectivity index (χ2n) is 4.28. The van der Waals surface area contributed by atoms with Crippen LogP contribution < -0.4 is 11.3 Å². The van der Waals surface area contributed by atoms with Gasteiger partial charge in [-0.25, -0.2) is 0 Å². The van der Waals surface area contributed by atoms with E-state index in [1.54, 1.807) is 11.3 Å². The molecule has 96 valence electrons. The topological polar surface area (TPSA) is 38.0 Å². The van der Waals surface area contributed by atoms with Crippen LogP contribution >= 0.6 is 22.9 Å². The zero-order valence-corrected chi connectivity index (χ0v) is 11.7. The van der Waals surface area contributed by atoms with E-state index in [0.717, 1.165) is 29.8 Å². The van der Waals surface area contributed by atoms with Crippen LogP contribution in [-0.4, -0.2) is 6.04 Å². The first kappa shape index (κ1) is 13.6. The summed E-state index contributed by atoms with van der Waals surface area (Å²) in [6.45, 7) is 0. The number of hydrazine groups is 1. The number of hydrogen-bond donors (Lipinski definition) is 2. The highest BCUT2D eigenvalue weighted by Gasteiger charge is 2.10. The van der Waals surface area contributed by atoms with Crippen molar-refractivity contribution < 1.29 is 0 Å². The molecule has 4 heteroatoms. The first-order valence-electron chi connectivity index (χ1n) is 6.01. The first-order chi connectivity index (χ1) is 8.79. The zero-order valence-electron chi connectivity index (χ0n) is 10.1. The fourth-order valence-corrected chi connectivity index (χ4v) is 2.88. The molecule has 0 amide bonds. The maximum atomic E-state index is 6.16. The number of aryl methyl sites for hydroxylation is 1. The van der Waals surface area contributed by atoms with Crippen LogP contribution in [0.4, 0.5) is 0 Å². The van der Waals surface area contributed by atoms with Crippen molar-refractivity contribution in [2.45, 2.75) is 25.3 Å². The normalized spacial score (nSPS) is 12.6. The molecule has 0 fully saturated rings. The highest BCUT2D eigenvalue weighted by Crippen LogP contribution is 2.19. The molecule has 2 aromatic rings. The monoisotopic (exact) mass is 280 g/mol. The Balaban J connectivity index is 1.91. The third-order valence-corrected chi connectivity index (χ3v) is 4.28. The average molecular weight is 281 g/mol. The Kier molecular flexibility index (Phi) is 5.20. The Hall–Kier alpha value is -0.870. The van der Waals surface area contributed by atoms with Crippen molar-refractivity contribution in [1.29, 1.82) is 0 Å². The highest BCUT2D eigenvalue weighted by molar-refractivity contribution is 7.09. The van der Waals surface area contributed by atoms with Crippen LogP contribution in [0.25, 0.3) is 0 Å². The van der Waals surface area contributed by atoms with Crippen molar-refractivity contribution in [2.75, 3.05) is 0 Å². The van der Waals surface area contributed by atoms with E-state index in [1.807, 2.05) is 18.2 Å². The lowest BCUT2D eigenvalue weighted by molar-refractivity contribution is 0.493. The summed E-state index contributed by atoms with van der Waals surface area (Å²) in [4.78, 5) is 1.40. The highest BCUT2D eigenvalue weighted by atomic mass is 35.5. The largest absolute Gasteiger partial charge is 0.271 e. The molecule has 0 radical (unpaired) electrons. The predicted molar refractivity (Wildman–Crippen MR) is 78.9 cm³/mol. The van der Waals surface area contributed by atoms with E-state index in [0.29, 0.717) is 0 Å². The van der Waals surface area contributed by atoms with Gasteiger partial charge in [0, 0.05) is 15.9 Å². The first-order valence-corrected chi connectivity index (χ1v) is 7.27. The second-order valence-corrected chi connectivity index (χ2v) is 5.72. The van der Waals surface area contributed by atoms with E-state index < -0.39 is 0 Å². The zero-order chi connectivity index (χ0) is 12.8. The molecule has 1 unspecified atom stereocenters. The Labute approximate surface area is 117 Å². The molecule has 1 aromatic heterocycles. The maximum Gasteiger partial charge on any atom is 0.0438 e. The van der Waals surface area contributed by atoms with Gasteiger partial charge in [-0.15, -0.1) is 11.3 Å². The van der Waals surface area contributed by atoms with Crippen molar-refractivity contribution in [3.8, 4) is 0 Å². The summed E-state index contributed by atoms with van der Waals surface area (Å²) in [5.41, 5.74) is 4.03. The Bertz CT molecular complexity index is 470. The molecule has 0 saturated heterocycles. The van der Waals surface area contributed by atoms with Crippen LogP contribution in [0.2, 0.25) is 5.02 Å². The van der Waals surface area contributed by atoms with Gasteiger partial charge in [0.05, 0.1) is 0 Å². The van der Waals surface area contributed by atoms with E-state index in [1.165, 1.54) is 4.88 Å². The molecular formula is C14H17ClN2S. The summed E-state index contributed by atoms with van der Waals surface area (Å²) in [5, 5.41) is 2.92. The lowest BCUT2D eigenvalue weighted by Crippen LogP contribution is -2.37. The molecule has 1 aromatic carbocycles. The number of thiophene rings is 1. The predicted octanol–water partition coefficient (Wildman–Crippen LogP) is 3.41. The van der Waals surface area contributed by atoms with Gasteiger partial charge in [0.2, 0.25) is 0 Å². The Morgan fingerprint density at radius 3 is 2.72 bits per heavy atom. The Morgan fingerprint density at radius 2 is 2.06 bits per heavy atom. The summed E-state index contributed by atoms with van der Waals surface area (Å²) >= 11 is 7.95. The maximum absolute atomic E-state index is 6.16. The molecule has 18 heavy (non-hydrogen) atoms. The SMILES string of the molecule is NNC(CCc1cccs1)Cc1ccccc1Cl. The van der Waals surface area contributed by atoms with E-state index in [-0.39, 0.29) is 6.04 Å². The van der Waals surface area contributed by atoms with Crippen molar-refractivity contribution in [1.82, 2.24) is 5.43 Å². The van der Waals surface area contributed by atoms with Gasteiger partial charge < -0.3 is 0 Å². The molecule has 2 nitrogen and oxygen atoms in total. The van der Waals surface area contributed by atoms with Gasteiger partial charge in [-0.2, -0.15) is 0 Å². The van der Waals surface area contributed by atoms with Crippen LogP contribution in [-0.2, 0) is 12.8 Å². The lowest BCUT2D eigenvalue weighted by Gasteiger charge is -2.16. The van der Waals surface area contributed by atoms with Gasteiger partial charge in [-0.3, -0.25) is 11.3 Å². The minimum atomic E-state index is 0.256. The van der Waals surface area contributed by atoms with Gasteiger partial charge in [-0.05, 0) is 42.3 Å². The summed E-state index contributed by atoms with van der Waals surface area (Å²) in [6.07, 6.45) is 2.93. The molecule has 0 bridgehead atoms. The van der Waals surface area contributed by atoms with Gasteiger partial charge >= 0.3 is 0 Å². The van der Waals surface area contributed by atoms with Crippen molar-refractivity contribution in [2.24, 2.45) is 5.84 Å². The van der Waals surface area contributed by atoms with Crippen molar-refractivity contribution in [3.63, 3.8) is 0 Å². The minimum Gasteiger partial charge on any atom is -0.271 e. The number of benzene rings is 1. The van der Waals surface area contributed by atoms with Crippen LogP contribution in [0.3, 0.4) is 0 Å². The molecule has 0 aliphatic carbocycles. The number of halogens is 1. The number of nitrogens with one attached hydrogen (secondary N) is 1. The number of hydrogen-bond acceptors (Lipinski definition) is 3. The van der Waals surface area contributed by atoms with E-state index >= 15 is 0 Å². The number of rotatable bonds is 6. The van der Waals surface area contributed by atoms with Gasteiger partial charge in [0.1, 0.15) is 0 Å².